The normalized spacial score (nSPS) is 11.1. The van der Waals surface area contributed by atoms with Gasteiger partial charge in [0, 0.05) is 0 Å². The molecule has 0 saturated carbocycles. The van der Waals surface area contributed by atoms with Crippen LogP contribution >= 0.6 is 0 Å². The summed E-state index contributed by atoms with van der Waals surface area (Å²) in [6, 6.07) is 11.2. The summed E-state index contributed by atoms with van der Waals surface area (Å²) in [5.74, 6) is 0.120. The van der Waals surface area contributed by atoms with Gasteiger partial charge in [0.1, 0.15) is 11.5 Å². The van der Waals surface area contributed by atoms with Gasteiger partial charge in [0.05, 0.1) is 4.90 Å². The van der Waals surface area contributed by atoms with Crippen LogP contribution in [0.25, 0.3) is 0 Å². The molecule has 5 nitrogen and oxygen atoms in total. The van der Waals surface area contributed by atoms with Crippen LogP contribution in [0.3, 0.4) is 0 Å². The van der Waals surface area contributed by atoms with E-state index in [4.69, 9.17) is 9.29 Å². The Labute approximate surface area is 223 Å². The first-order chi connectivity index (χ1) is 13.9. The van der Waals surface area contributed by atoms with Crippen LogP contribution < -0.4 is 61.2 Å². The van der Waals surface area contributed by atoms with Crippen molar-refractivity contribution in [2.75, 3.05) is 0 Å². The summed E-state index contributed by atoms with van der Waals surface area (Å²) in [6.07, 6.45) is 12.3. The van der Waals surface area contributed by atoms with Gasteiger partial charge < -0.3 is 9.84 Å². The molecule has 0 aliphatic rings. The molecule has 0 atom stereocenters. The van der Waals surface area contributed by atoms with Gasteiger partial charge in [0.25, 0.3) is 10.1 Å². The molecule has 0 amide bonds. The summed E-state index contributed by atoms with van der Waals surface area (Å²) in [4.78, 5) is -0.646. The Morgan fingerprint density at radius 1 is 0.900 bits per heavy atom. The third-order valence-corrected chi connectivity index (χ3v) is 5.84. The minimum Gasteiger partial charge on any atom is -0.871 e. The Morgan fingerprint density at radius 2 is 1.50 bits per heavy atom. The van der Waals surface area contributed by atoms with Crippen LogP contribution in [-0.4, -0.2) is 13.0 Å². The minimum absolute atomic E-state index is 0. The summed E-state index contributed by atoms with van der Waals surface area (Å²) in [5, 5.41) is 11.9. The number of para-hydroxylation sites is 1. The number of hydrogen-bond donors (Lipinski definition) is 1. The van der Waals surface area contributed by atoms with E-state index in [0.29, 0.717) is 5.75 Å². The molecule has 2 rings (SSSR count). The zero-order chi connectivity index (χ0) is 21.1. The Bertz CT molecular complexity index is 868. The van der Waals surface area contributed by atoms with Crippen LogP contribution in [0.1, 0.15) is 70.3 Å². The Kier molecular flexibility index (Phi) is 13.5. The molecule has 1 N–H and O–H groups in total. The van der Waals surface area contributed by atoms with Crippen molar-refractivity contribution in [2.45, 2.75) is 76.0 Å². The molecule has 160 valence electrons. The third-order valence-electron chi connectivity index (χ3n) is 4.94. The van der Waals surface area contributed by atoms with Crippen molar-refractivity contribution in [1.82, 2.24) is 0 Å². The molecule has 0 aromatic heterocycles. The van der Waals surface area contributed by atoms with Crippen LogP contribution in [-0.2, 0) is 16.5 Å². The molecule has 0 fully saturated rings. The second-order valence-electron chi connectivity index (χ2n) is 7.37. The van der Waals surface area contributed by atoms with Crippen molar-refractivity contribution >= 4 is 10.1 Å². The van der Waals surface area contributed by atoms with E-state index in [2.05, 4.69) is 6.92 Å². The van der Waals surface area contributed by atoms with Gasteiger partial charge in [-0.15, -0.1) is 0 Å². The van der Waals surface area contributed by atoms with Crippen molar-refractivity contribution in [3.05, 3.63) is 48.0 Å². The summed E-state index contributed by atoms with van der Waals surface area (Å²) in [7, 11) is -4.53. The molecule has 0 heterocycles. The number of unbranched alkanes of at least 4 members (excludes halogenated alkanes) is 8. The molecular weight excluding hydrogens is 427 g/mol. The molecule has 0 aliphatic carbocycles. The van der Waals surface area contributed by atoms with Gasteiger partial charge in [-0.25, -0.2) is 0 Å². The molecule has 2 aromatic carbocycles. The number of aryl methyl sites for hydroxylation is 1. The molecule has 0 radical (unpaired) electrons. The second kappa shape index (κ2) is 14.6. The molecule has 0 aliphatic heterocycles. The molecule has 30 heavy (non-hydrogen) atoms. The number of hydrogen-bond acceptors (Lipinski definition) is 4. The van der Waals surface area contributed by atoms with E-state index in [-0.39, 0.29) is 57.1 Å². The number of rotatable bonds is 13. The average molecular weight is 459 g/mol. The van der Waals surface area contributed by atoms with Crippen molar-refractivity contribution in [1.29, 1.82) is 0 Å². The zero-order valence-electron chi connectivity index (χ0n) is 18.1. The Hall–Kier alpha value is -0.414. The molecule has 0 unspecified atom stereocenters. The van der Waals surface area contributed by atoms with E-state index >= 15 is 0 Å². The first-order valence-electron chi connectivity index (χ1n) is 10.5. The van der Waals surface area contributed by atoms with Crippen LogP contribution in [0.15, 0.2) is 47.4 Å². The minimum atomic E-state index is -4.53. The molecular formula is C23H31KO5S. The maximum atomic E-state index is 11.9. The smallest absolute Gasteiger partial charge is 0.871 e. The average Bonchev–Trinajstić information content (AvgIpc) is 2.67. The van der Waals surface area contributed by atoms with E-state index in [0.717, 1.165) is 30.5 Å². The van der Waals surface area contributed by atoms with Crippen LogP contribution in [0.4, 0.5) is 0 Å². The van der Waals surface area contributed by atoms with Crippen LogP contribution in [0.5, 0.6) is 17.2 Å². The fourth-order valence-electron chi connectivity index (χ4n) is 3.33. The van der Waals surface area contributed by atoms with E-state index in [1.54, 1.807) is 0 Å². The third kappa shape index (κ3) is 9.81. The van der Waals surface area contributed by atoms with E-state index in [1.165, 1.54) is 57.4 Å². The van der Waals surface area contributed by atoms with Gasteiger partial charge in [-0.3, -0.25) is 4.55 Å². The Morgan fingerprint density at radius 3 is 2.10 bits per heavy atom. The second-order valence-corrected chi connectivity index (χ2v) is 8.76. The summed E-state index contributed by atoms with van der Waals surface area (Å²) < 4.78 is 37.2. The Balaban J connectivity index is 0.00000450. The largest absolute Gasteiger partial charge is 1.00 e. The van der Waals surface area contributed by atoms with Gasteiger partial charge in [0.15, 0.2) is 0 Å². The predicted molar refractivity (Wildman–Crippen MR) is 113 cm³/mol. The first-order valence-corrected chi connectivity index (χ1v) is 11.9. The topological polar surface area (TPSA) is 86.7 Å². The van der Waals surface area contributed by atoms with E-state index in [9.17, 15) is 13.5 Å². The van der Waals surface area contributed by atoms with Gasteiger partial charge in [-0.1, -0.05) is 82.2 Å². The molecule has 0 bridgehead atoms. The van der Waals surface area contributed by atoms with Crippen molar-refractivity contribution in [3.63, 3.8) is 0 Å². The SMILES string of the molecule is CCCCCCCCCCCc1ccccc1Oc1ccc(S(=O)(=O)O)c([O-])c1.[K+]. The zero-order valence-corrected chi connectivity index (χ0v) is 22.0. The molecule has 0 spiro atoms. The van der Waals surface area contributed by atoms with Crippen LogP contribution in [0.2, 0.25) is 0 Å². The van der Waals surface area contributed by atoms with Crippen molar-refractivity contribution in [2.24, 2.45) is 0 Å². The van der Waals surface area contributed by atoms with E-state index in [1.807, 2.05) is 24.3 Å². The van der Waals surface area contributed by atoms with Crippen molar-refractivity contribution < 1.29 is 74.2 Å². The number of ether oxygens (including phenoxy) is 1. The van der Waals surface area contributed by atoms with E-state index < -0.39 is 20.8 Å². The van der Waals surface area contributed by atoms with Crippen LogP contribution in [0, 0.1) is 0 Å². The quantitative estimate of drug-likeness (QED) is 0.283. The number of benzene rings is 2. The monoisotopic (exact) mass is 458 g/mol. The maximum Gasteiger partial charge on any atom is 1.00 e. The standard InChI is InChI=1S/C23H32O5S.K/c1-2-3-4-5-6-7-8-9-10-13-19-14-11-12-15-22(19)28-20-16-17-23(21(24)18-20)29(25,26)27;/h11-12,14-18,24H,2-10,13H2,1H3,(H,25,26,27);/q;+1/p-1. The van der Waals surface area contributed by atoms with Gasteiger partial charge >= 0.3 is 51.4 Å². The fraction of sp³-hybridized carbons (Fsp3) is 0.478. The molecule has 7 heteroatoms. The van der Waals surface area contributed by atoms with Crippen molar-refractivity contribution in [3.8, 4) is 17.2 Å². The van der Waals surface area contributed by atoms with Gasteiger partial charge in [-0.05, 0) is 42.7 Å². The molecule has 2 aromatic rings. The summed E-state index contributed by atoms with van der Waals surface area (Å²) in [6.45, 7) is 2.23. The van der Waals surface area contributed by atoms with Gasteiger partial charge in [0.2, 0.25) is 0 Å². The maximum absolute atomic E-state index is 11.9. The summed E-state index contributed by atoms with van der Waals surface area (Å²) >= 11 is 0. The fourth-order valence-corrected chi connectivity index (χ4v) is 3.88. The molecule has 0 saturated heterocycles. The van der Waals surface area contributed by atoms with Gasteiger partial charge in [-0.2, -0.15) is 8.42 Å². The summed E-state index contributed by atoms with van der Waals surface area (Å²) in [5.41, 5.74) is 1.06. The first kappa shape index (κ1) is 27.6. The predicted octanol–water partition coefficient (Wildman–Crippen LogP) is 2.88.